The minimum atomic E-state index is -0.190. The van der Waals surface area contributed by atoms with E-state index in [0.29, 0.717) is 12.6 Å². The van der Waals surface area contributed by atoms with Gasteiger partial charge in [-0.05, 0) is 49.9 Å². The number of aromatic nitrogens is 1. The fraction of sp³-hybridized carbons (Fsp3) is 0.500. The first-order valence-electron chi connectivity index (χ1n) is 8.52. The molecule has 0 saturated carbocycles. The van der Waals surface area contributed by atoms with Gasteiger partial charge in [-0.2, -0.15) is 0 Å². The van der Waals surface area contributed by atoms with Crippen molar-refractivity contribution >= 4 is 16.5 Å². The van der Waals surface area contributed by atoms with Crippen molar-refractivity contribution in [3.63, 3.8) is 0 Å². The molecule has 3 heterocycles. The molecule has 1 N–H and O–H groups in total. The molecule has 2 aliphatic rings. The second-order valence-corrected chi connectivity index (χ2v) is 7.50. The van der Waals surface area contributed by atoms with Crippen molar-refractivity contribution in [1.29, 1.82) is 0 Å². The van der Waals surface area contributed by atoms with Gasteiger partial charge in [-0.25, -0.2) is 9.37 Å². The van der Waals surface area contributed by atoms with Gasteiger partial charge in [0, 0.05) is 30.6 Å². The number of aryl methyl sites for hydroxylation is 1. The molecule has 24 heavy (non-hydrogen) atoms. The Labute approximate surface area is 145 Å². The van der Waals surface area contributed by atoms with Crippen LogP contribution in [0.2, 0.25) is 0 Å². The number of thiazole rings is 1. The number of halogens is 1. The summed E-state index contributed by atoms with van der Waals surface area (Å²) in [6.07, 6.45) is 3.04. The largest absolute Gasteiger partial charge is 0.492 e. The molecule has 1 aromatic carbocycles. The van der Waals surface area contributed by atoms with Crippen LogP contribution >= 0.6 is 11.3 Å². The number of nitrogens with one attached hydrogen (secondary N) is 1. The van der Waals surface area contributed by atoms with Gasteiger partial charge in [0.2, 0.25) is 0 Å². The zero-order chi connectivity index (χ0) is 16.5. The lowest BCUT2D eigenvalue weighted by Gasteiger charge is -2.35. The Morgan fingerprint density at radius 1 is 1.29 bits per heavy atom. The molecule has 2 aromatic rings. The van der Waals surface area contributed by atoms with Crippen LogP contribution < -0.4 is 15.0 Å². The summed E-state index contributed by atoms with van der Waals surface area (Å²) < 4.78 is 19.2. The van der Waals surface area contributed by atoms with Crippen molar-refractivity contribution in [2.75, 3.05) is 24.6 Å². The quantitative estimate of drug-likeness (QED) is 0.925. The third-order valence-corrected chi connectivity index (χ3v) is 5.79. The van der Waals surface area contributed by atoms with E-state index in [2.05, 4.69) is 20.6 Å². The maximum atomic E-state index is 13.4. The highest BCUT2D eigenvalue weighted by atomic mass is 32.1. The molecular weight excluding hydrogens is 325 g/mol. The number of rotatable bonds is 3. The SMILES string of the molecule is Cc1csc(N2CCC(NC3COc4ccc(F)cc4C3)CC2)n1. The highest BCUT2D eigenvalue weighted by molar-refractivity contribution is 7.13. The molecule has 1 fully saturated rings. The average molecular weight is 347 g/mol. The van der Waals surface area contributed by atoms with Gasteiger partial charge in [0.1, 0.15) is 18.2 Å². The van der Waals surface area contributed by atoms with E-state index in [1.807, 2.05) is 6.92 Å². The molecule has 0 aliphatic carbocycles. The number of benzene rings is 1. The van der Waals surface area contributed by atoms with Crippen LogP contribution in [0.1, 0.15) is 24.1 Å². The smallest absolute Gasteiger partial charge is 0.185 e. The van der Waals surface area contributed by atoms with Gasteiger partial charge in [-0.15, -0.1) is 11.3 Å². The van der Waals surface area contributed by atoms with Crippen LogP contribution in [0.25, 0.3) is 0 Å². The van der Waals surface area contributed by atoms with Crippen molar-refractivity contribution in [2.24, 2.45) is 0 Å². The molecule has 0 bridgehead atoms. The Morgan fingerprint density at radius 2 is 2.12 bits per heavy atom. The van der Waals surface area contributed by atoms with E-state index in [4.69, 9.17) is 4.74 Å². The second-order valence-electron chi connectivity index (χ2n) is 6.66. The van der Waals surface area contributed by atoms with Crippen molar-refractivity contribution in [2.45, 2.75) is 38.3 Å². The summed E-state index contributed by atoms with van der Waals surface area (Å²) >= 11 is 1.73. The first-order valence-corrected chi connectivity index (χ1v) is 9.40. The predicted octanol–water partition coefficient (Wildman–Crippen LogP) is 3.15. The minimum absolute atomic E-state index is 0.190. The Hall–Kier alpha value is -1.66. The fourth-order valence-electron chi connectivity index (χ4n) is 3.53. The monoisotopic (exact) mass is 347 g/mol. The maximum Gasteiger partial charge on any atom is 0.185 e. The molecule has 6 heteroatoms. The van der Waals surface area contributed by atoms with Crippen LogP contribution in [0, 0.1) is 12.7 Å². The summed E-state index contributed by atoms with van der Waals surface area (Å²) in [4.78, 5) is 6.95. The average Bonchev–Trinajstić information content (AvgIpc) is 3.02. The van der Waals surface area contributed by atoms with Crippen LogP contribution in [-0.2, 0) is 6.42 Å². The first kappa shape index (κ1) is 15.8. The van der Waals surface area contributed by atoms with E-state index in [1.54, 1.807) is 23.5 Å². The third kappa shape index (κ3) is 3.39. The van der Waals surface area contributed by atoms with Crippen molar-refractivity contribution in [3.05, 3.63) is 40.7 Å². The van der Waals surface area contributed by atoms with E-state index >= 15 is 0 Å². The standard InChI is InChI=1S/C18H22FN3OS/c1-12-11-24-18(20-12)22-6-4-15(5-7-22)21-16-9-13-8-14(19)2-3-17(13)23-10-16/h2-3,8,11,15-16,21H,4-7,9-10H2,1H3. The summed E-state index contributed by atoms with van der Waals surface area (Å²) in [6, 6.07) is 5.54. The Bertz CT molecular complexity index is 712. The molecule has 1 aromatic heterocycles. The molecular formula is C18H22FN3OS. The maximum absolute atomic E-state index is 13.4. The minimum Gasteiger partial charge on any atom is -0.492 e. The number of fused-ring (bicyclic) bond motifs is 1. The van der Waals surface area contributed by atoms with Crippen molar-refractivity contribution in [3.8, 4) is 5.75 Å². The van der Waals surface area contributed by atoms with Crippen LogP contribution in [0.3, 0.4) is 0 Å². The van der Waals surface area contributed by atoms with Gasteiger partial charge in [-0.1, -0.05) is 0 Å². The van der Waals surface area contributed by atoms with E-state index in [9.17, 15) is 4.39 Å². The molecule has 1 unspecified atom stereocenters. The van der Waals surface area contributed by atoms with Gasteiger partial charge in [-0.3, -0.25) is 0 Å². The summed E-state index contributed by atoms with van der Waals surface area (Å²) in [5, 5.41) is 6.95. The number of piperidine rings is 1. The molecule has 1 saturated heterocycles. The van der Waals surface area contributed by atoms with Gasteiger partial charge in [0.05, 0.1) is 5.69 Å². The molecule has 0 amide bonds. The normalized spacial score (nSPS) is 21.4. The lowest BCUT2D eigenvalue weighted by atomic mass is 9.99. The molecule has 4 rings (SSSR count). The molecule has 0 spiro atoms. The van der Waals surface area contributed by atoms with Crippen molar-refractivity contribution < 1.29 is 9.13 Å². The molecule has 1 atom stereocenters. The zero-order valence-electron chi connectivity index (χ0n) is 13.8. The number of hydrogen-bond acceptors (Lipinski definition) is 5. The molecule has 2 aliphatic heterocycles. The van der Waals surface area contributed by atoms with E-state index in [0.717, 1.165) is 54.5 Å². The number of ether oxygens (including phenoxy) is 1. The van der Waals surface area contributed by atoms with Crippen LogP contribution in [0.15, 0.2) is 23.6 Å². The topological polar surface area (TPSA) is 37.4 Å². The van der Waals surface area contributed by atoms with E-state index in [1.165, 1.54) is 6.07 Å². The zero-order valence-corrected chi connectivity index (χ0v) is 14.6. The Kier molecular flexibility index (Phi) is 4.41. The Balaban J connectivity index is 1.31. The number of anilines is 1. The molecule has 4 nitrogen and oxygen atoms in total. The number of hydrogen-bond donors (Lipinski definition) is 1. The van der Waals surface area contributed by atoms with Gasteiger partial charge >= 0.3 is 0 Å². The number of nitrogens with zero attached hydrogens (tertiary/aromatic N) is 2. The van der Waals surface area contributed by atoms with Gasteiger partial charge in [0.15, 0.2) is 5.13 Å². The lowest BCUT2D eigenvalue weighted by molar-refractivity contribution is 0.219. The van der Waals surface area contributed by atoms with E-state index in [-0.39, 0.29) is 11.9 Å². The summed E-state index contributed by atoms with van der Waals surface area (Å²) in [6.45, 7) is 4.76. The molecule has 128 valence electrons. The predicted molar refractivity (Wildman–Crippen MR) is 94.6 cm³/mol. The first-order chi connectivity index (χ1) is 11.7. The second kappa shape index (κ2) is 6.69. The van der Waals surface area contributed by atoms with Crippen LogP contribution in [0.4, 0.5) is 9.52 Å². The summed E-state index contributed by atoms with van der Waals surface area (Å²) in [5.41, 5.74) is 2.06. The van der Waals surface area contributed by atoms with E-state index < -0.39 is 0 Å². The van der Waals surface area contributed by atoms with Crippen LogP contribution in [-0.4, -0.2) is 36.8 Å². The van der Waals surface area contributed by atoms with Crippen LogP contribution in [0.5, 0.6) is 5.75 Å². The molecule has 0 radical (unpaired) electrons. The highest BCUT2D eigenvalue weighted by Crippen LogP contribution is 2.27. The summed E-state index contributed by atoms with van der Waals surface area (Å²) in [7, 11) is 0. The van der Waals surface area contributed by atoms with Gasteiger partial charge in [0.25, 0.3) is 0 Å². The highest BCUT2D eigenvalue weighted by Gasteiger charge is 2.26. The fourth-order valence-corrected chi connectivity index (χ4v) is 4.38. The lowest BCUT2D eigenvalue weighted by Crippen LogP contribution is -2.49. The Morgan fingerprint density at radius 3 is 2.88 bits per heavy atom. The van der Waals surface area contributed by atoms with Gasteiger partial charge < -0.3 is 15.0 Å². The van der Waals surface area contributed by atoms with Crippen molar-refractivity contribution in [1.82, 2.24) is 10.3 Å². The third-order valence-electron chi connectivity index (χ3n) is 4.77. The summed E-state index contributed by atoms with van der Waals surface area (Å²) in [5.74, 6) is 0.633.